The third kappa shape index (κ3) is 9.30. The summed E-state index contributed by atoms with van der Waals surface area (Å²) in [6, 6.07) is 4.34. The number of nitrogens with two attached hydrogens (primary N) is 1. The average molecular weight is 511 g/mol. The Hall–Kier alpha value is -3.80. The van der Waals surface area contributed by atoms with E-state index in [0.717, 1.165) is 32.1 Å². The van der Waals surface area contributed by atoms with E-state index >= 15 is 0 Å². The fraction of sp³-hybridized carbons (Fsp3) is 0.500. The van der Waals surface area contributed by atoms with Gasteiger partial charge in [-0.05, 0) is 51.3 Å². The number of carbonyl (C=O) groups excluding carboxylic acids is 4. The van der Waals surface area contributed by atoms with Crippen LogP contribution in [-0.2, 0) is 19.1 Å². The van der Waals surface area contributed by atoms with Gasteiger partial charge in [0.15, 0.2) is 0 Å². The van der Waals surface area contributed by atoms with Crippen molar-refractivity contribution < 1.29 is 23.9 Å². The van der Waals surface area contributed by atoms with Gasteiger partial charge in [0.25, 0.3) is 0 Å². The molecular formula is C28H38N4O5. The van der Waals surface area contributed by atoms with Gasteiger partial charge in [-0.1, -0.05) is 43.4 Å². The molecule has 200 valence electrons. The number of hydrogen-bond acceptors (Lipinski definition) is 5. The number of nitrogens with one attached hydrogen (secondary N) is 2. The SMILES string of the molecule is C#Cc1ccc(C(C(=O)NC2CCCCC2)N(CC=C)C(=O)C(CC(N)=O)NC(=O)OC(C)(C)C)cc1. The molecule has 1 fully saturated rings. The second-order valence-corrected chi connectivity index (χ2v) is 10.2. The van der Waals surface area contributed by atoms with Crippen LogP contribution >= 0.6 is 0 Å². The van der Waals surface area contributed by atoms with Crippen LogP contribution in [0, 0.1) is 12.3 Å². The van der Waals surface area contributed by atoms with E-state index in [0.29, 0.717) is 11.1 Å². The largest absolute Gasteiger partial charge is 0.444 e. The van der Waals surface area contributed by atoms with Crippen LogP contribution in [0.4, 0.5) is 4.79 Å². The molecule has 1 aromatic carbocycles. The lowest BCUT2D eigenvalue weighted by Crippen LogP contribution is -2.54. The molecule has 1 aliphatic carbocycles. The Labute approximate surface area is 219 Å². The smallest absolute Gasteiger partial charge is 0.408 e. The van der Waals surface area contributed by atoms with Crippen LogP contribution in [0.25, 0.3) is 0 Å². The number of nitrogens with zero attached hydrogens (tertiary/aromatic N) is 1. The van der Waals surface area contributed by atoms with Gasteiger partial charge >= 0.3 is 6.09 Å². The number of amides is 4. The molecule has 4 amide bonds. The Kier molecular flexibility index (Phi) is 10.7. The molecule has 37 heavy (non-hydrogen) atoms. The zero-order valence-electron chi connectivity index (χ0n) is 21.9. The van der Waals surface area contributed by atoms with Crippen molar-refractivity contribution in [2.45, 2.75) is 83.0 Å². The molecule has 1 aromatic rings. The Morgan fingerprint density at radius 2 is 1.81 bits per heavy atom. The molecule has 9 heteroatoms. The monoisotopic (exact) mass is 510 g/mol. The van der Waals surface area contributed by atoms with Crippen LogP contribution in [-0.4, -0.2) is 52.9 Å². The average Bonchev–Trinajstić information content (AvgIpc) is 2.82. The van der Waals surface area contributed by atoms with Gasteiger partial charge in [-0.2, -0.15) is 0 Å². The number of benzene rings is 1. The predicted octanol–water partition coefficient (Wildman–Crippen LogP) is 2.94. The number of primary amides is 1. The minimum Gasteiger partial charge on any atom is -0.444 e. The standard InChI is InChI=1S/C28H38N4O5/c1-6-17-32(26(35)22(18-23(29)33)31-27(36)37-28(3,4)5)24(20-15-13-19(7-2)14-16-20)25(34)30-21-11-9-8-10-12-21/h2,6,13-16,21-22,24H,1,8-12,17-18H2,3-5H3,(H2,29,33)(H,30,34)(H,31,36). The van der Waals surface area contributed by atoms with Gasteiger partial charge in [0.1, 0.15) is 17.7 Å². The molecule has 0 bridgehead atoms. The van der Waals surface area contributed by atoms with Crippen molar-refractivity contribution in [3.8, 4) is 12.3 Å². The molecule has 0 heterocycles. The summed E-state index contributed by atoms with van der Waals surface area (Å²) in [5.74, 6) is 0.697. The van der Waals surface area contributed by atoms with Crippen LogP contribution < -0.4 is 16.4 Å². The molecule has 2 rings (SSSR count). The van der Waals surface area contributed by atoms with Crippen molar-refractivity contribution in [3.05, 3.63) is 48.0 Å². The molecule has 4 N–H and O–H groups in total. The van der Waals surface area contributed by atoms with Crippen LogP contribution in [0.2, 0.25) is 0 Å². The molecule has 0 spiro atoms. The number of terminal acetylenes is 1. The third-order valence-corrected chi connectivity index (χ3v) is 5.91. The fourth-order valence-corrected chi connectivity index (χ4v) is 4.27. The van der Waals surface area contributed by atoms with Gasteiger partial charge in [0, 0.05) is 18.2 Å². The van der Waals surface area contributed by atoms with Crippen molar-refractivity contribution in [3.63, 3.8) is 0 Å². The second kappa shape index (κ2) is 13.5. The maximum atomic E-state index is 13.8. The van der Waals surface area contributed by atoms with Crippen LogP contribution in [0.15, 0.2) is 36.9 Å². The Balaban J connectivity index is 2.45. The third-order valence-electron chi connectivity index (χ3n) is 5.91. The Morgan fingerprint density at radius 3 is 2.32 bits per heavy atom. The van der Waals surface area contributed by atoms with Crippen LogP contribution in [0.1, 0.15) is 76.5 Å². The number of alkyl carbamates (subject to hydrolysis) is 1. The summed E-state index contributed by atoms with van der Waals surface area (Å²) in [5.41, 5.74) is 5.71. The summed E-state index contributed by atoms with van der Waals surface area (Å²) in [6.45, 7) is 8.73. The topological polar surface area (TPSA) is 131 Å². The first-order chi connectivity index (χ1) is 17.4. The highest BCUT2D eigenvalue weighted by Crippen LogP contribution is 2.25. The van der Waals surface area contributed by atoms with Crippen molar-refractivity contribution in [1.29, 1.82) is 0 Å². The van der Waals surface area contributed by atoms with Crippen molar-refractivity contribution in [1.82, 2.24) is 15.5 Å². The zero-order valence-corrected chi connectivity index (χ0v) is 21.9. The number of ether oxygens (including phenoxy) is 1. The summed E-state index contributed by atoms with van der Waals surface area (Å²) < 4.78 is 5.27. The Morgan fingerprint density at radius 1 is 1.19 bits per heavy atom. The fourth-order valence-electron chi connectivity index (χ4n) is 4.27. The van der Waals surface area contributed by atoms with E-state index in [-0.39, 0.29) is 18.5 Å². The van der Waals surface area contributed by atoms with Crippen molar-refractivity contribution in [2.75, 3.05) is 6.54 Å². The van der Waals surface area contributed by atoms with E-state index in [1.807, 2.05) is 0 Å². The summed E-state index contributed by atoms with van der Waals surface area (Å²) >= 11 is 0. The van der Waals surface area contributed by atoms with Crippen LogP contribution in [0.5, 0.6) is 0 Å². The van der Waals surface area contributed by atoms with E-state index in [1.165, 1.54) is 11.0 Å². The molecule has 0 aromatic heterocycles. The summed E-state index contributed by atoms with van der Waals surface area (Å²) in [4.78, 5) is 53.0. The van der Waals surface area contributed by atoms with Gasteiger partial charge < -0.3 is 26.0 Å². The van der Waals surface area contributed by atoms with E-state index in [9.17, 15) is 19.2 Å². The summed E-state index contributed by atoms with van der Waals surface area (Å²) in [6.07, 6.45) is 10.5. The maximum Gasteiger partial charge on any atom is 0.408 e. The molecule has 1 aliphatic rings. The zero-order chi connectivity index (χ0) is 27.6. The van der Waals surface area contributed by atoms with E-state index in [2.05, 4.69) is 23.1 Å². The maximum absolute atomic E-state index is 13.8. The minimum absolute atomic E-state index is 0.00396. The van der Waals surface area contributed by atoms with Gasteiger partial charge in [-0.3, -0.25) is 14.4 Å². The second-order valence-electron chi connectivity index (χ2n) is 10.2. The lowest BCUT2D eigenvalue weighted by molar-refractivity contribution is -0.143. The molecule has 2 unspecified atom stereocenters. The normalized spacial score (nSPS) is 15.4. The first-order valence-corrected chi connectivity index (χ1v) is 12.5. The number of hydrogen-bond donors (Lipinski definition) is 3. The molecule has 0 radical (unpaired) electrons. The molecule has 9 nitrogen and oxygen atoms in total. The first kappa shape index (κ1) is 29.4. The summed E-state index contributed by atoms with van der Waals surface area (Å²) in [5, 5.41) is 5.52. The minimum atomic E-state index is -1.35. The van der Waals surface area contributed by atoms with Crippen molar-refractivity contribution >= 4 is 23.8 Å². The molecule has 0 aliphatic heterocycles. The van der Waals surface area contributed by atoms with Crippen molar-refractivity contribution in [2.24, 2.45) is 5.73 Å². The predicted molar refractivity (Wildman–Crippen MR) is 141 cm³/mol. The highest BCUT2D eigenvalue weighted by atomic mass is 16.6. The highest BCUT2D eigenvalue weighted by molar-refractivity contribution is 5.94. The molecular weight excluding hydrogens is 472 g/mol. The number of carbonyl (C=O) groups is 4. The van der Waals surface area contributed by atoms with Gasteiger partial charge in [-0.25, -0.2) is 4.79 Å². The Bertz CT molecular complexity index is 1020. The number of rotatable bonds is 10. The van der Waals surface area contributed by atoms with E-state index < -0.39 is 42.0 Å². The van der Waals surface area contributed by atoms with E-state index in [1.54, 1.807) is 45.0 Å². The molecule has 1 saturated carbocycles. The van der Waals surface area contributed by atoms with Gasteiger partial charge in [0.2, 0.25) is 17.7 Å². The lowest BCUT2D eigenvalue weighted by atomic mass is 9.94. The first-order valence-electron chi connectivity index (χ1n) is 12.5. The van der Waals surface area contributed by atoms with Crippen LogP contribution in [0.3, 0.4) is 0 Å². The highest BCUT2D eigenvalue weighted by Gasteiger charge is 2.37. The van der Waals surface area contributed by atoms with Gasteiger partial charge in [-0.15, -0.1) is 13.0 Å². The quantitative estimate of drug-likeness (QED) is 0.329. The molecule has 0 saturated heterocycles. The van der Waals surface area contributed by atoms with E-state index in [4.69, 9.17) is 16.9 Å². The lowest BCUT2D eigenvalue weighted by Gasteiger charge is -2.35. The van der Waals surface area contributed by atoms with Gasteiger partial charge in [0.05, 0.1) is 6.42 Å². The molecule has 2 atom stereocenters. The summed E-state index contributed by atoms with van der Waals surface area (Å²) in [7, 11) is 0.